The van der Waals surface area contributed by atoms with E-state index in [1.54, 1.807) is 17.1 Å². The van der Waals surface area contributed by atoms with Crippen LogP contribution in [0.15, 0.2) is 37.2 Å². The van der Waals surface area contributed by atoms with Crippen LogP contribution in [0.2, 0.25) is 0 Å². The number of rotatable bonds is 11. The lowest BCUT2D eigenvalue weighted by molar-refractivity contribution is -0.133. The SMILES string of the molecule is C=CCc1cc(-c2cnc(C)nc2)cc2c(C(C)=O)nn(CC(=O)N3[C@H](C)C[C@@]4(CN(C)C(=O)CCCC)C[C@@H]34)c12. The minimum atomic E-state index is -0.158. The predicted octanol–water partition coefficient (Wildman–Crippen LogP) is 4.76. The highest BCUT2D eigenvalue weighted by Gasteiger charge is 2.65. The first-order valence-corrected chi connectivity index (χ1v) is 14.6. The van der Waals surface area contributed by atoms with E-state index in [4.69, 9.17) is 0 Å². The summed E-state index contributed by atoms with van der Waals surface area (Å²) in [6, 6.07) is 4.19. The Labute approximate surface area is 241 Å². The summed E-state index contributed by atoms with van der Waals surface area (Å²) in [5.41, 5.74) is 3.75. The van der Waals surface area contributed by atoms with Crippen molar-refractivity contribution in [3.63, 3.8) is 0 Å². The molecule has 2 aliphatic rings. The number of fused-ring (bicyclic) bond motifs is 2. The maximum atomic E-state index is 13.8. The molecule has 216 valence electrons. The van der Waals surface area contributed by atoms with Gasteiger partial charge in [0.25, 0.3) is 0 Å². The van der Waals surface area contributed by atoms with Gasteiger partial charge in [0, 0.05) is 67.8 Å². The van der Waals surface area contributed by atoms with Gasteiger partial charge < -0.3 is 9.80 Å². The lowest BCUT2D eigenvalue weighted by Gasteiger charge is -2.25. The third-order valence-corrected chi connectivity index (χ3v) is 8.69. The standard InChI is InChI=1S/C32H40N6O3/c1-7-9-11-28(40)36(6)19-32-14-20(3)38(27(32)15-32)29(41)18-37-31-23(10-8-2)12-24(25-16-33-22(5)34-17-25)13-26(31)30(35-37)21(4)39/h8,12-13,16-17,20,27H,2,7,9-11,14-15,18-19H2,1,3-6H3/t20-,27-,32+/m1/s1. The molecule has 0 bridgehead atoms. The third-order valence-electron chi connectivity index (χ3n) is 8.69. The van der Waals surface area contributed by atoms with Gasteiger partial charge in [-0.15, -0.1) is 6.58 Å². The van der Waals surface area contributed by atoms with Crippen molar-refractivity contribution in [2.45, 2.75) is 84.8 Å². The number of unbranched alkanes of at least 4 members (excludes halogenated alkanes) is 1. The molecular formula is C32H40N6O3. The van der Waals surface area contributed by atoms with Crippen molar-refractivity contribution in [3.8, 4) is 11.1 Å². The Morgan fingerprint density at radius 2 is 1.90 bits per heavy atom. The van der Waals surface area contributed by atoms with Crippen molar-refractivity contribution in [3.05, 3.63) is 54.3 Å². The number of allylic oxidation sites excluding steroid dienone is 1. The predicted molar refractivity (Wildman–Crippen MR) is 158 cm³/mol. The maximum absolute atomic E-state index is 13.8. The first kappa shape index (κ1) is 28.6. The van der Waals surface area contributed by atoms with Gasteiger partial charge in [0.05, 0.1) is 5.52 Å². The van der Waals surface area contributed by atoms with E-state index in [2.05, 4.69) is 35.5 Å². The summed E-state index contributed by atoms with van der Waals surface area (Å²) in [4.78, 5) is 51.6. The second kappa shape index (κ2) is 11.2. The minimum absolute atomic E-state index is 0.0121. The number of benzene rings is 1. The molecule has 3 atom stereocenters. The molecule has 2 fully saturated rings. The molecule has 0 N–H and O–H groups in total. The van der Waals surface area contributed by atoms with E-state index in [9.17, 15) is 14.4 Å². The molecule has 5 rings (SSSR count). The van der Waals surface area contributed by atoms with Gasteiger partial charge in [-0.3, -0.25) is 19.1 Å². The number of amides is 2. The Balaban J connectivity index is 1.43. The Hall–Kier alpha value is -3.88. The van der Waals surface area contributed by atoms with Crippen molar-refractivity contribution in [2.75, 3.05) is 13.6 Å². The van der Waals surface area contributed by atoms with Crippen molar-refractivity contribution in [2.24, 2.45) is 5.41 Å². The number of aromatic nitrogens is 4. The van der Waals surface area contributed by atoms with Crippen LogP contribution < -0.4 is 0 Å². The zero-order valence-corrected chi connectivity index (χ0v) is 24.8. The highest BCUT2D eigenvalue weighted by molar-refractivity contribution is 6.07. The second-order valence-electron chi connectivity index (χ2n) is 11.9. The molecule has 0 radical (unpaired) electrons. The number of nitrogens with zero attached hydrogens (tertiary/aromatic N) is 6. The first-order valence-electron chi connectivity index (χ1n) is 14.6. The van der Waals surface area contributed by atoms with E-state index in [1.807, 2.05) is 42.0 Å². The molecule has 41 heavy (non-hydrogen) atoms. The molecule has 3 heterocycles. The van der Waals surface area contributed by atoms with E-state index >= 15 is 0 Å². The van der Waals surface area contributed by atoms with Crippen molar-refractivity contribution in [1.29, 1.82) is 0 Å². The summed E-state index contributed by atoms with van der Waals surface area (Å²) >= 11 is 0. The van der Waals surface area contributed by atoms with Crippen LogP contribution in [-0.4, -0.2) is 72.8 Å². The molecule has 0 spiro atoms. The molecule has 2 aromatic heterocycles. The number of hydrogen-bond acceptors (Lipinski definition) is 6. The summed E-state index contributed by atoms with van der Waals surface area (Å²) in [6.07, 6.45) is 10.2. The molecule has 1 saturated carbocycles. The zero-order valence-electron chi connectivity index (χ0n) is 24.8. The van der Waals surface area contributed by atoms with E-state index in [0.29, 0.717) is 36.3 Å². The van der Waals surface area contributed by atoms with Crippen molar-refractivity contribution >= 4 is 28.5 Å². The number of aryl methyl sites for hydroxylation is 1. The summed E-state index contributed by atoms with van der Waals surface area (Å²) < 4.78 is 1.69. The van der Waals surface area contributed by atoms with Crippen LogP contribution in [0.4, 0.5) is 0 Å². The maximum Gasteiger partial charge on any atom is 0.244 e. The second-order valence-corrected chi connectivity index (χ2v) is 11.9. The largest absolute Gasteiger partial charge is 0.345 e. The Morgan fingerprint density at radius 3 is 2.56 bits per heavy atom. The fourth-order valence-corrected chi connectivity index (χ4v) is 6.67. The molecule has 1 aromatic carbocycles. The molecule has 3 aromatic rings. The average Bonchev–Trinajstić information content (AvgIpc) is 3.33. The molecule has 1 aliphatic heterocycles. The van der Waals surface area contributed by atoms with Gasteiger partial charge in [-0.1, -0.05) is 19.4 Å². The smallest absolute Gasteiger partial charge is 0.244 e. The number of hydrogen-bond donors (Lipinski definition) is 0. The zero-order chi connectivity index (χ0) is 29.5. The minimum Gasteiger partial charge on any atom is -0.345 e. The van der Waals surface area contributed by atoms with E-state index in [1.165, 1.54) is 6.92 Å². The molecule has 0 unspecified atom stereocenters. The molecule has 1 saturated heterocycles. The van der Waals surface area contributed by atoms with Crippen LogP contribution in [-0.2, 0) is 22.6 Å². The van der Waals surface area contributed by atoms with E-state index in [-0.39, 0.29) is 41.6 Å². The van der Waals surface area contributed by atoms with Crippen LogP contribution in [0, 0.1) is 12.3 Å². The monoisotopic (exact) mass is 556 g/mol. The van der Waals surface area contributed by atoms with E-state index in [0.717, 1.165) is 47.9 Å². The lowest BCUT2D eigenvalue weighted by Crippen LogP contribution is -2.39. The first-order chi connectivity index (χ1) is 19.6. The fraction of sp³-hybridized carbons (Fsp3) is 0.500. The quantitative estimate of drug-likeness (QED) is 0.249. The Kier molecular flexibility index (Phi) is 7.81. The number of ketones is 1. The summed E-state index contributed by atoms with van der Waals surface area (Å²) in [5, 5.41) is 5.39. The Morgan fingerprint density at radius 1 is 1.17 bits per heavy atom. The van der Waals surface area contributed by atoms with Gasteiger partial charge in [0.1, 0.15) is 18.1 Å². The van der Waals surface area contributed by atoms with Gasteiger partial charge in [-0.05, 0) is 62.8 Å². The number of likely N-dealkylation sites (tertiary alicyclic amines) is 1. The van der Waals surface area contributed by atoms with Crippen LogP contribution >= 0.6 is 0 Å². The van der Waals surface area contributed by atoms with E-state index < -0.39 is 0 Å². The van der Waals surface area contributed by atoms with Gasteiger partial charge in [-0.25, -0.2) is 9.97 Å². The van der Waals surface area contributed by atoms with Crippen molar-refractivity contribution in [1.82, 2.24) is 29.5 Å². The van der Waals surface area contributed by atoms with Crippen molar-refractivity contribution < 1.29 is 14.4 Å². The number of piperidine rings is 1. The summed E-state index contributed by atoms with van der Waals surface area (Å²) in [7, 11) is 1.88. The van der Waals surface area contributed by atoms with Gasteiger partial charge in [0.15, 0.2) is 5.78 Å². The number of Topliss-reactive ketones (excluding diaryl/α,β-unsaturated/α-hetero) is 1. The number of carbonyl (C=O) groups is 3. The molecule has 2 amide bonds. The third kappa shape index (κ3) is 5.42. The van der Waals surface area contributed by atoms with Gasteiger partial charge >= 0.3 is 0 Å². The van der Waals surface area contributed by atoms with Crippen LogP contribution in [0.1, 0.15) is 74.8 Å². The molecule has 9 nitrogen and oxygen atoms in total. The van der Waals surface area contributed by atoms with Gasteiger partial charge in [-0.2, -0.15) is 5.10 Å². The summed E-state index contributed by atoms with van der Waals surface area (Å²) in [5.74, 6) is 0.689. The van der Waals surface area contributed by atoms with Gasteiger partial charge in [0.2, 0.25) is 11.8 Å². The lowest BCUT2D eigenvalue weighted by atomic mass is 9.98. The average molecular weight is 557 g/mol. The highest BCUT2D eigenvalue weighted by atomic mass is 16.2. The van der Waals surface area contributed by atoms with Crippen LogP contribution in [0.3, 0.4) is 0 Å². The highest BCUT2D eigenvalue weighted by Crippen LogP contribution is 2.59. The topological polar surface area (TPSA) is 101 Å². The molecule has 9 heteroatoms. The van der Waals surface area contributed by atoms with Crippen LogP contribution in [0.25, 0.3) is 22.0 Å². The number of carbonyl (C=O) groups excluding carboxylic acids is 3. The normalized spacial score (nSPS) is 21.1. The fourth-order valence-electron chi connectivity index (χ4n) is 6.67. The molecule has 1 aliphatic carbocycles. The Bertz CT molecular complexity index is 1510. The molecular weight excluding hydrogens is 516 g/mol. The van der Waals surface area contributed by atoms with Crippen LogP contribution in [0.5, 0.6) is 0 Å². The summed E-state index contributed by atoms with van der Waals surface area (Å²) in [6.45, 7) is 12.2.